The van der Waals surface area contributed by atoms with E-state index in [1.165, 1.54) is 12.1 Å². The Kier molecular flexibility index (Phi) is 5.22. The van der Waals surface area contributed by atoms with Gasteiger partial charge in [-0.15, -0.1) is 0 Å². The molecule has 0 bridgehead atoms. The van der Waals surface area contributed by atoms with Crippen LogP contribution in [0.3, 0.4) is 0 Å². The first kappa shape index (κ1) is 12.9. The van der Waals surface area contributed by atoms with Gasteiger partial charge in [-0.2, -0.15) is 0 Å². The molecule has 16 heavy (non-hydrogen) atoms. The highest BCUT2D eigenvalue weighted by molar-refractivity contribution is 5.33. The molecular formula is C12H18FNO2. The molecule has 90 valence electrons. The maximum atomic E-state index is 13.0. The predicted octanol–water partition coefficient (Wildman–Crippen LogP) is 1.55. The first-order valence-electron chi connectivity index (χ1n) is 5.34. The molecule has 2 N–H and O–H groups in total. The minimum atomic E-state index is -0.271. The van der Waals surface area contributed by atoms with Crippen molar-refractivity contribution in [2.24, 2.45) is 5.92 Å². The average Bonchev–Trinajstić information content (AvgIpc) is 2.28. The van der Waals surface area contributed by atoms with Gasteiger partial charge in [0, 0.05) is 24.6 Å². The van der Waals surface area contributed by atoms with Gasteiger partial charge in [0.15, 0.2) is 0 Å². The highest BCUT2D eigenvalue weighted by Gasteiger charge is 2.07. The maximum Gasteiger partial charge on any atom is 0.123 e. The van der Waals surface area contributed by atoms with Crippen molar-refractivity contribution in [2.45, 2.75) is 13.5 Å². The highest BCUT2D eigenvalue weighted by Crippen LogP contribution is 2.20. The lowest BCUT2D eigenvalue weighted by Gasteiger charge is -2.14. The molecule has 0 aliphatic rings. The summed E-state index contributed by atoms with van der Waals surface area (Å²) in [4.78, 5) is 0. The summed E-state index contributed by atoms with van der Waals surface area (Å²) >= 11 is 0. The van der Waals surface area contributed by atoms with Gasteiger partial charge in [-0.25, -0.2) is 4.39 Å². The Morgan fingerprint density at radius 3 is 2.88 bits per heavy atom. The Hall–Kier alpha value is -1.13. The predicted molar refractivity (Wildman–Crippen MR) is 60.9 cm³/mol. The van der Waals surface area contributed by atoms with Crippen LogP contribution < -0.4 is 10.1 Å². The Morgan fingerprint density at radius 1 is 1.50 bits per heavy atom. The van der Waals surface area contributed by atoms with Crippen molar-refractivity contribution >= 4 is 0 Å². The standard InChI is InChI=1S/C12H18FNO2/c1-9(7-15)8-16-12-4-3-11(13)5-10(12)6-14-2/h3-5,9,14-15H,6-8H2,1-2H3. The molecule has 1 unspecified atom stereocenters. The van der Waals surface area contributed by atoms with Crippen LogP contribution in [-0.4, -0.2) is 25.4 Å². The zero-order valence-corrected chi connectivity index (χ0v) is 9.66. The molecule has 1 rings (SSSR count). The molecule has 0 fully saturated rings. The zero-order chi connectivity index (χ0) is 12.0. The van der Waals surface area contributed by atoms with Gasteiger partial charge in [0.1, 0.15) is 11.6 Å². The molecule has 3 nitrogen and oxygen atoms in total. The van der Waals surface area contributed by atoms with E-state index in [0.29, 0.717) is 18.9 Å². The van der Waals surface area contributed by atoms with E-state index >= 15 is 0 Å². The van der Waals surface area contributed by atoms with Crippen molar-refractivity contribution in [3.8, 4) is 5.75 Å². The Morgan fingerprint density at radius 2 is 2.25 bits per heavy atom. The van der Waals surface area contributed by atoms with Gasteiger partial charge in [0.05, 0.1) is 6.61 Å². The van der Waals surface area contributed by atoms with Crippen LogP contribution in [0.2, 0.25) is 0 Å². The number of benzene rings is 1. The van der Waals surface area contributed by atoms with Crippen LogP contribution in [0, 0.1) is 11.7 Å². The quantitative estimate of drug-likeness (QED) is 0.774. The first-order valence-corrected chi connectivity index (χ1v) is 5.34. The van der Waals surface area contributed by atoms with Crippen molar-refractivity contribution in [1.82, 2.24) is 5.32 Å². The number of nitrogens with one attached hydrogen (secondary N) is 1. The molecule has 0 aromatic heterocycles. The molecule has 0 aliphatic heterocycles. The van der Waals surface area contributed by atoms with Crippen molar-refractivity contribution < 1.29 is 14.2 Å². The minimum Gasteiger partial charge on any atom is -0.493 e. The van der Waals surface area contributed by atoms with E-state index in [1.54, 1.807) is 13.1 Å². The van der Waals surface area contributed by atoms with Crippen LogP contribution in [0.15, 0.2) is 18.2 Å². The number of hydrogen-bond donors (Lipinski definition) is 2. The van der Waals surface area contributed by atoms with Crippen molar-refractivity contribution in [1.29, 1.82) is 0 Å². The molecule has 1 aromatic carbocycles. The van der Waals surface area contributed by atoms with Crippen molar-refractivity contribution in [2.75, 3.05) is 20.3 Å². The normalized spacial score (nSPS) is 12.5. The van der Waals surface area contributed by atoms with Crippen LogP contribution in [0.1, 0.15) is 12.5 Å². The fraction of sp³-hybridized carbons (Fsp3) is 0.500. The lowest BCUT2D eigenvalue weighted by Crippen LogP contribution is -2.14. The van der Waals surface area contributed by atoms with Crippen molar-refractivity contribution in [3.63, 3.8) is 0 Å². The Labute approximate surface area is 95.2 Å². The second kappa shape index (κ2) is 6.45. The van der Waals surface area contributed by atoms with Gasteiger partial charge in [-0.1, -0.05) is 6.92 Å². The topological polar surface area (TPSA) is 41.5 Å². The summed E-state index contributed by atoms with van der Waals surface area (Å²) in [7, 11) is 1.80. The van der Waals surface area contributed by atoms with Gasteiger partial charge >= 0.3 is 0 Å². The van der Waals surface area contributed by atoms with Crippen LogP contribution in [0.5, 0.6) is 5.75 Å². The molecular weight excluding hydrogens is 209 g/mol. The summed E-state index contributed by atoms with van der Waals surface area (Å²) in [5, 5.41) is 11.8. The smallest absolute Gasteiger partial charge is 0.123 e. The average molecular weight is 227 g/mol. The van der Waals surface area contributed by atoms with Crippen LogP contribution >= 0.6 is 0 Å². The number of rotatable bonds is 6. The third-order valence-electron chi connectivity index (χ3n) is 2.22. The third kappa shape index (κ3) is 3.79. The SMILES string of the molecule is CNCc1cc(F)ccc1OCC(C)CO. The molecule has 0 saturated heterocycles. The molecule has 0 saturated carbocycles. The van der Waals surface area contributed by atoms with E-state index < -0.39 is 0 Å². The molecule has 0 aliphatic carbocycles. The lowest BCUT2D eigenvalue weighted by molar-refractivity contribution is 0.173. The summed E-state index contributed by atoms with van der Waals surface area (Å²) in [5.74, 6) is 0.469. The number of halogens is 1. The Bertz CT molecular complexity index is 331. The van der Waals surface area contributed by atoms with Crippen LogP contribution in [0.25, 0.3) is 0 Å². The molecule has 1 aromatic rings. The number of hydrogen-bond acceptors (Lipinski definition) is 3. The molecule has 0 spiro atoms. The minimum absolute atomic E-state index is 0.0764. The number of ether oxygens (including phenoxy) is 1. The van der Waals surface area contributed by atoms with E-state index in [4.69, 9.17) is 9.84 Å². The largest absolute Gasteiger partial charge is 0.493 e. The van der Waals surface area contributed by atoms with Gasteiger partial charge in [0.25, 0.3) is 0 Å². The fourth-order valence-electron chi connectivity index (χ4n) is 1.30. The monoisotopic (exact) mass is 227 g/mol. The number of aliphatic hydroxyl groups is 1. The highest BCUT2D eigenvalue weighted by atomic mass is 19.1. The first-order chi connectivity index (χ1) is 7.67. The van der Waals surface area contributed by atoms with Gasteiger partial charge in [-0.05, 0) is 25.2 Å². The van der Waals surface area contributed by atoms with Gasteiger partial charge in [0.2, 0.25) is 0 Å². The summed E-state index contributed by atoms with van der Waals surface area (Å²) in [6, 6.07) is 4.44. The summed E-state index contributed by atoms with van der Waals surface area (Å²) < 4.78 is 18.5. The second-order valence-corrected chi connectivity index (χ2v) is 3.88. The fourth-order valence-corrected chi connectivity index (χ4v) is 1.30. The van der Waals surface area contributed by atoms with E-state index in [9.17, 15) is 4.39 Å². The molecule has 0 radical (unpaired) electrons. The molecule has 1 atom stereocenters. The number of aliphatic hydroxyl groups excluding tert-OH is 1. The second-order valence-electron chi connectivity index (χ2n) is 3.88. The van der Waals surface area contributed by atoms with Gasteiger partial charge in [-0.3, -0.25) is 0 Å². The molecule has 0 heterocycles. The zero-order valence-electron chi connectivity index (χ0n) is 9.66. The third-order valence-corrected chi connectivity index (χ3v) is 2.22. The van der Waals surface area contributed by atoms with E-state index in [2.05, 4.69) is 5.32 Å². The molecule has 0 amide bonds. The lowest BCUT2D eigenvalue weighted by atomic mass is 10.2. The van der Waals surface area contributed by atoms with Crippen molar-refractivity contribution in [3.05, 3.63) is 29.6 Å². The summed E-state index contributed by atoms with van der Waals surface area (Å²) in [6.07, 6.45) is 0. The van der Waals surface area contributed by atoms with E-state index in [1.807, 2.05) is 6.92 Å². The summed E-state index contributed by atoms with van der Waals surface area (Å²) in [5.41, 5.74) is 0.785. The molecule has 4 heteroatoms. The Balaban J connectivity index is 2.70. The maximum absolute atomic E-state index is 13.0. The summed E-state index contributed by atoms with van der Waals surface area (Å²) in [6.45, 7) is 2.96. The van der Waals surface area contributed by atoms with Gasteiger partial charge < -0.3 is 15.2 Å². The van der Waals surface area contributed by atoms with Crippen LogP contribution in [-0.2, 0) is 6.54 Å². The van der Waals surface area contributed by atoms with E-state index in [-0.39, 0.29) is 18.3 Å². The van der Waals surface area contributed by atoms with E-state index in [0.717, 1.165) is 5.56 Å². The van der Waals surface area contributed by atoms with Crippen LogP contribution in [0.4, 0.5) is 4.39 Å².